The minimum Gasteiger partial charge on any atom is -0.300 e. The van der Waals surface area contributed by atoms with Crippen molar-refractivity contribution in [3.63, 3.8) is 0 Å². The lowest BCUT2D eigenvalue weighted by molar-refractivity contribution is -0.384. The van der Waals surface area contributed by atoms with Gasteiger partial charge in [0.2, 0.25) is 0 Å². The number of nitro groups is 1. The van der Waals surface area contributed by atoms with E-state index in [1.165, 1.54) is 11.6 Å². The molecule has 1 fully saturated rings. The number of ketones is 1. The second-order valence-electron chi connectivity index (χ2n) is 6.30. The molecule has 1 aromatic heterocycles. The maximum Gasteiger partial charge on any atom is 0.299 e. The second-order valence-corrected chi connectivity index (χ2v) is 7.96. The third-order valence-corrected chi connectivity index (χ3v) is 5.89. The van der Waals surface area contributed by atoms with Crippen molar-refractivity contribution in [1.29, 1.82) is 0 Å². The molecule has 0 saturated carbocycles. The summed E-state index contributed by atoms with van der Waals surface area (Å²) >= 11 is 6.81. The van der Waals surface area contributed by atoms with Crippen LogP contribution in [0.3, 0.4) is 0 Å². The van der Waals surface area contributed by atoms with Crippen LogP contribution in [0, 0.1) is 10.1 Å². The fourth-order valence-electron chi connectivity index (χ4n) is 3.02. The summed E-state index contributed by atoms with van der Waals surface area (Å²) in [5.74, 6) is -0.0864. The van der Waals surface area contributed by atoms with Crippen molar-refractivity contribution in [2.75, 3.05) is 32.7 Å². The van der Waals surface area contributed by atoms with Crippen LogP contribution in [0.25, 0.3) is 0 Å². The molecule has 8 heteroatoms. The first kappa shape index (κ1) is 26.2. The highest BCUT2D eigenvalue weighted by Crippen LogP contribution is 2.34. The minimum absolute atomic E-state index is 0.0628. The Bertz CT molecular complexity index is 775. The fraction of sp³-hybridized carbons (Fsp3) is 0.500. The lowest BCUT2D eigenvalue weighted by Gasteiger charge is -2.34. The molecule has 0 atom stereocenters. The number of nitrogens with zero attached hydrogens (tertiary/aromatic N) is 3. The van der Waals surface area contributed by atoms with E-state index < -0.39 is 4.92 Å². The minimum atomic E-state index is -0.554. The topological polar surface area (TPSA) is 66.7 Å². The second kappa shape index (κ2) is 14.2. The van der Waals surface area contributed by atoms with Gasteiger partial charge in [0.15, 0.2) is 10.1 Å². The molecule has 0 N–H and O–H groups in total. The Morgan fingerprint density at radius 1 is 1.07 bits per heavy atom. The largest absolute Gasteiger partial charge is 0.300 e. The van der Waals surface area contributed by atoms with Crippen LogP contribution in [-0.4, -0.2) is 53.2 Å². The lowest BCUT2D eigenvalue weighted by atomic mass is 10.2. The van der Waals surface area contributed by atoms with E-state index in [-0.39, 0.29) is 15.8 Å². The molecule has 6 nitrogen and oxygen atoms in total. The highest BCUT2D eigenvalue weighted by molar-refractivity contribution is 7.18. The number of hydrogen-bond donors (Lipinski definition) is 0. The summed E-state index contributed by atoms with van der Waals surface area (Å²) < 4.78 is 0.0628. The number of benzene rings is 1. The first-order valence-corrected chi connectivity index (χ1v) is 11.7. The standard InChI is InChI=1S/C18H20ClN3O3S.2C2H6/c19-18-15(22(24)25)12-17(26-18)16(23)6-7-20-8-10-21(11-9-20)13-14-4-2-1-3-5-14;2*1-2/h1-5,12H,6-11,13H2;2*1-2H3. The van der Waals surface area contributed by atoms with E-state index in [0.29, 0.717) is 17.8 Å². The smallest absolute Gasteiger partial charge is 0.299 e. The molecular formula is C22H32ClN3O3S. The molecular weight excluding hydrogens is 422 g/mol. The van der Waals surface area contributed by atoms with Gasteiger partial charge < -0.3 is 4.90 Å². The van der Waals surface area contributed by atoms with E-state index in [1.54, 1.807) is 0 Å². The molecule has 1 aliphatic rings. The van der Waals surface area contributed by atoms with Crippen molar-refractivity contribution in [3.05, 3.63) is 61.3 Å². The first-order chi connectivity index (χ1) is 14.5. The molecule has 1 saturated heterocycles. The summed E-state index contributed by atoms with van der Waals surface area (Å²) in [7, 11) is 0. The summed E-state index contributed by atoms with van der Waals surface area (Å²) in [5.41, 5.74) is 1.13. The zero-order chi connectivity index (χ0) is 22.5. The number of rotatable bonds is 7. The molecule has 2 aromatic rings. The van der Waals surface area contributed by atoms with Gasteiger partial charge in [-0.2, -0.15) is 0 Å². The molecule has 166 valence electrons. The average molecular weight is 454 g/mol. The molecule has 0 bridgehead atoms. The summed E-state index contributed by atoms with van der Waals surface area (Å²) in [6.07, 6.45) is 0.354. The van der Waals surface area contributed by atoms with Gasteiger partial charge in [-0.1, -0.05) is 69.6 Å². The summed E-state index contributed by atoms with van der Waals surface area (Å²) in [6, 6.07) is 11.7. The Labute approximate surface area is 188 Å². The van der Waals surface area contributed by atoms with Crippen molar-refractivity contribution in [3.8, 4) is 0 Å². The highest BCUT2D eigenvalue weighted by Gasteiger charge is 2.22. The van der Waals surface area contributed by atoms with Crippen molar-refractivity contribution >= 4 is 34.4 Å². The van der Waals surface area contributed by atoms with Crippen LogP contribution in [0.15, 0.2) is 36.4 Å². The van der Waals surface area contributed by atoms with E-state index in [9.17, 15) is 14.9 Å². The molecule has 0 spiro atoms. The van der Waals surface area contributed by atoms with E-state index in [2.05, 4.69) is 34.1 Å². The highest BCUT2D eigenvalue weighted by atomic mass is 35.5. The number of piperazine rings is 1. The number of Topliss-reactive ketones (excluding diaryl/α,β-unsaturated/α-hetero) is 1. The fourth-order valence-corrected chi connectivity index (χ4v) is 4.21. The van der Waals surface area contributed by atoms with Gasteiger partial charge in [0.05, 0.1) is 9.80 Å². The average Bonchev–Trinajstić information content (AvgIpc) is 3.19. The predicted molar refractivity (Wildman–Crippen MR) is 126 cm³/mol. The Morgan fingerprint density at radius 3 is 2.17 bits per heavy atom. The predicted octanol–water partition coefficient (Wildman–Crippen LogP) is 5.75. The van der Waals surface area contributed by atoms with Crippen LogP contribution in [-0.2, 0) is 6.54 Å². The van der Waals surface area contributed by atoms with Gasteiger partial charge in [-0.15, -0.1) is 11.3 Å². The van der Waals surface area contributed by atoms with Gasteiger partial charge in [0, 0.05) is 51.8 Å². The van der Waals surface area contributed by atoms with Crippen molar-refractivity contribution < 1.29 is 9.72 Å². The molecule has 0 aliphatic carbocycles. The summed E-state index contributed by atoms with van der Waals surface area (Å²) in [4.78, 5) is 27.6. The van der Waals surface area contributed by atoms with E-state index in [0.717, 1.165) is 44.1 Å². The molecule has 2 heterocycles. The SMILES string of the molecule is CC.CC.O=C(CCN1CCN(Cc2ccccc2)CC1)c1cc([N+](=O)[O-])c(Cl)s1. The Morgan fingerprint density at radius 2 is 1.63 bits per heavy atom. The molecule has 0 unspecified atom stereocenters. The number of carbonyl (C=O) groups excluding carboxylic acids is 1. The molecule has 3 rings (SSSR count). The number of hydrogen-bond acceptors (Lipinski definition) is 6. The summed E-state index contributed by atoms with van der Waals surface area (Å²) in [5, 5.41) is 10.8. The third kappa shape index (κ3) is 8.14. The zero-order valence-electron chi connectivity index (χ0n) is 18.3. The monoisotopic (exact) mass is 453 g/mol. The Balaban J connectivity index is 0.00000106. The van der Waals surface area contributed by atoms with Crippen LogP contribution in [0.2, 0.25) is 4.34 Å². The van der Waals surface area contributed by atoms with Crippen molar-refractivity contribution in [1.82, 2.24) is 9.80 Å². The van der Waals surface area contributed by atoms with E-state index in [1.807, 2.05) is 33.8 Å². The van der Waals surface area contributed by atoms with Crippen molar-refractivity contribution in [2.24, 2.45) is 0 Å². The Hall–Kier alpha value is -1.80. The van der Waals surface area contributed by atoms with Gasteiger partial charge in [-0.05, 0) is 5.56 Å². The Kier molecular flexibility index (Phi) is 12.5. The van der Waals surface area contributed by atoms with Gasteiger partial charge in [0.25, 0.3) is 5.69 Å². The van der Waals surface area contributed by atoms with Crippen LogP contribution < -0.4 is 0 Å². The van der Waals surface area contributed by atoms with Gasteiger partial charge in [-0.3, -0.25) is 19.8 Å². The maximum absolute atomic E-state index is 12.3. The van der Waals surface area contributed by atoms with Crippen molar-refractivity contribution in [2.45, 2.75) is 40.7 Å². The van der Waals surface area contributed by atoms with Gasteiger partial charge in [-0.25, -0.2) is 0 Å². The number of halogens is 1. The van der Waals surface area contributed by atoms with Crippen LogP contribution in [0.5, 0.6) is 0 Å². The van der Waals surface area contributed by atoms with Gasteiger partial charge >= 0.3 is 0 Å². The summed E-state index contributed by atoms with van der Waals surface area (Å²) in [6.45, 7) is 13.4. The molecule has 1 aromatic carbocycles. The van der Waals surface area contributed by atoms with Crippen LogP contribution in [0.1, 0.15) is 49.4 Å². The molecule has 0 amide bonds. The van der Waals surface area contributed by atoms with Gasteiger partial charge in [0.1, 0.15) is 0 Å². The molecule has 1 aliphatic heterocycles. The maximum atomic E-state index is 12.3. The first-order valence-electron chi connectivity index (χ1n) is 10.5. The molecule has 0 radical (unpaired) electrons. The number of carbonyl (C=O) groups is 1. The van der Waals surface area contributed by atoms with Crippen LogP contribution in [0.4, 0.5) is 5.69 Å². The normalized spacial score (nSPS) is 14.2. The zero-order valence-corrected chi connectivity index (χ0v) is 19.8. The van der Waals surface area contributed by atoms with Crippen LogP contribution >= 0.6 is 22.9 Å². The lowest BCUT2D eigenvalue weighted by Crippen LogP contribution is -2.46. The van der Waals surface area contributed by atoms with E-state index in [4.69, 9.17) is 11.6 Å². The third-order valence-electron chi connectivity index (χ3n) is 4.51. The quantitative estimate of drug-likeness (QED) is 0.303. The number of thiophene rings is 1. The van der Waals surface area contributed by atoms with E-state index >= 15 is 0 Å². The molecule has 30 heavy (non-hydrogen) atoms.